The number of fused-ring (bicyclic) bond motifs is 1. The van der Waals surface area contributed by atoms with E-state index in [0.717, 1.165) is 10.0 Å². The van der Waals surface area contributed by atoms with Crippen LogP contribution in [0.25, 0.3) is 0 Å². The minimum Gasteiger partial charge on any atom is -0.486 e. The summed E-state index contributed by atoms with van der Waals surface area (Å²) in [6.07, 6.45) is 0. The van der Waals surface area contributed by atoms with Crippen LogP contribution in [0.2, 0.25) is 0 Å². The van der Waals surface area contributed by atoms with Gasteiger partial charge in [0.15, 0.2) is 11.5 Å². The number of ether oxygens (including phenoxy) is 2. The summed E-state index contributed by atoms with van der Waals surface area (Å²) >= 11 is 3.34. The van der Waals surface area contributed by atoms with Gasteiger partial charge in [-0.3, -0.25) is 0 Å². The summed E-state index contributed by atoms with van der Waals surface area (Å²) in [6.45, 7) is 1.06. The molecule has 0 saturated heterocycles. The van der Waals surface area contributed by atoms with Gasteiger partial charge in [-0.15, -0.1) is 0 Å². The highest BCUT2D eigenvalue weighted by Crippen LogP contribution is 2.37. The van der Waals surface area contributed by atoms with E-state index in [1.807, 2.05) is 12.1 Å². The molecule has 0 bridgehead atoms. The van der Waals surface area contributed by atoms with E-state index in [2.05, 4.69) is 15.9 Å². The number of benzene rings is 1. The lowest BCUT2D eigenvalue weighted by molar-refractivity contribution is 0.165. The molecule has 1 N–H and O–H groups in total. The van der Waals surface area contributed by atoms with Crippen molar-refractivity contribution in [1.82, 2.24) is 0 Å². The van der Waals surface area contributed by atoms with Crippen molar-refractivity contribution in [2.75, 3.05) is 13.2 Å². The van der Waals surface area contributed by atoms with Crippen LogP contribution in [0, 0.1) is 0 Å². The van der Waals surface area contributed by atoms with Crippen molar-refractivity contribution < 1.29 is 14.6 Å². The molecule has 0 atom stereocenters. The fourth-order valence-corrected chi connectivity index (χ4v) is 1.73. The number of hydrogen-bond acceptors (Lipinski definition) is 3. The lowest BCUT2D eigenvalue weighted by Crippen LogP contribution is -2.16. The van der Waals surface area contributed by atoms with Crippen molar-refractivity contribution in [2.24, 2.45) is 0 Å². The molecule has 1 heterocycles. The predicted octanol–water partition coefficient (Wildman–Crippen LogP) is 1.71. The van der Waals surface area contributed by atoms with Gasteiger partial charge in [0.2, 0.25) is 0 Å². The Hall–Kier alpha value is -0.740. The quantitative estimate of drug-likeness (QED) is 0.818. The molecule has 0 aromatic heterocycles. The first kappa shape index (κ1) is 8.84. The summed E-state index contributed by atoms with van der Waals surface area (Å²) in [5, 5.41) is 9.11. The Morgan fingerprint density at radius 3 is 2.85 bits per heavy atom. The van der Waals surface area contributed by atoms with E-state index in [4.69, 9.17) is 14.6 Å². The van der Waals surface area contributed by atoms with Crippen molar-refractivity contribution >= 4 is 15.9 Å². The molecular formula is C9H9BrO3. The number of aliphatic hydroxyl groups excluding tert-OH is 1. The number of halogens is 1. The third-order valence-electron chi connectivity index (χ3n) is 1.91. The predicted molar refractivity (Wildman–Crippen MR) is 51.1 cm³/mol. The van der Waals surface area contributed by atoms with Gasteiger partial charge in [0.05, 0.1) is 6.61 Å². The molecule has 1 aromatic carbocycles. The molecule has 0 amide bonds. The fraction of sp³-hybridized carbons (Fsp3) is 0.333. The molecule has 1 aromatic rings. The van der Waals surface area contributed by atoms with E-state index in [0.29, 0.717) is 24.7 Å². The molecule has 2 rings (SSSR count). The molecule has 13 heavy (non-hydrogen) atoms. The average molecular weight is 245 g/mol. The van der Waals surface area contributed by atoms with Gasteiger partial charge in [0.1, 0.15) is 13.2 Å². The van der Waals surface area contributed by atoms with E-state index >= 15 is 0 Å². The maximum atomic E-state index is 9.11. The van der Waals surface area contributed by atoms with Crippen molar-refractivity contribution in [1.29, 1.82) is 0 Å². The summed E-state index contributed by atoms with van der Waals surface area (Å²) in [4.78, 5) is 0. The molecule has 0 unspecified atom stereocenters. The zero-order valence-electron chi connectivity index (χ0n) is 6.92. The van der Waals surface area contributed by atoms with Gasteiger partial charge in [0, 0.05) is 10.0 Å². The molecule has 0 fully saturated rings. The average Bonchev–Trinajstić information content (AvgIpc) is 2.18. The monoisotopic (exact) mass is 244 g/mol. The van der Waals surface area contributed by atoms with Crippen molar-refractivity contribution in [3.05, 3.63) is 22.2 Å². The largest absolute Gasteiger partial charge is 0.486 e. The first-order chi connectivity index (χ1) is 6.33. The van der Waals surface area contributed by atoms with Crippen LogP contribution in [0.1, 0.15) is 5.56 Å². The molecule has 1 aliphatic heterocycles. The van der Waals surface area contributed by atoms with Gasteiger partial charge < -0.3 is 14.6 Å². The smallest absolute Gasteiger partial charge is 0.167 e. The van der Waals surface area contributed by atoms with Gasteiger partial charge in [-0.05, 0) is 12.1 Å². The molecule has 0 radical (unpaired) electrons. The number of aliphatic hydroxyl groups is 1. The SMILES string of the molecule is OCc1c(Br)ccc2c1OCCO2. The Morgan fingerprint density at radius 2 is 2.08 bits per heavy atom. The van der Waals surface area contributed by atoms with Crippen LogP contribution in [0.3, 0.4) is 0 Å². The van der Waals surface area contributed by atoms with Crippen molar-refractivity contribution in [3.63, 3.8) is 0 Å². The summed E-state index contributed by atoms with van der Waals surface area (Å²) in [5.41, 5.74) is 0.747. The van der Waals surface area contributed by atoms with Crippen LogP contribution in [0.5, 0.6) is 11.5 Å². The molecule has 4 heteroatoms. The van der Waals surface area contributed by atoms with Crippen LogP contribution < -0.4 is 9.47 Å². The maximum Gasteiger partial charge on any atom is 0.167 e. The third-order valence-corrected chi connectivity index (χ3v) is 2.66. The van der Waals surface area contributed by atoms with E-state index in [1.54, 1.807) is 0 Å². The summed E-state index contributed by atoms with van der Waals surface area (Å²) in [5.74, 6) is 1.36. The van der Waals surface area contributed by atoms with E-state index in [1.165, 1.54) is 0 Å². The minimum absolute atomic E-state index is 0.0485. The van der Waals surface area contributed by atoms with Crippen molar-refractivity contribution in [3.8, 4) is 11.5 Å². The molecule has 3 nitrogen and oxygen atoms in total. The Balaban J connectivity index is 2.52. The Labute approximate surface area is 84.4 Å². The molecule has 70 valence electrons. The standard InChI is InChI=1S/C9H9BrO3/c10-7-1-2-8-9(6(7)5-11)13-4-3-12-8/h1-2,11H,3-5H2. The lowest BCUT2D eigenvalue weighted by atomic mass is 10.2. The first-order valence-electron chi connectivity index (χ1n) is 4.01. The van der Waals surface area contributed by atoms with Crippen LogP contribution in [0.4, 0.5) is 0 Å². The Kier molecular flexibility index (Phi) is 2.42. The second-order valence-electron chi connectivity index (χ2n) is 2.71. The normalized spacial score (nSPS) is 14.3. The molecular weight excluding hydrogens is 236 g/mol. The van der Waals surface area contributed by atoms with E-state index in [9.17, 15) is 0 Å². The van der Waals surface area contributed by atoms with Crippen LogP contribution >= 0.6 is 15.9 Å². The fourth-order valence-electron chi connectivity index (χ4n) is 1.30. The van der Waals surface area contributed by atoms with Gasteiger partial charge in [-0.25, -0.2) is 0 Å². The van der Waals surface area contributed by atoms with Crippen LogP contribution in [0.15, 0.2) is 16.6 Å². The molecule has 0 saturated carbocycles. The van der Waals surface area contributed by atoms with Crippen LogP contribution in [-0.2, 0) is 6.61 Å². The highest BCUT2D eigenvalue weighted by atomic mass is 79.9. The van der Waals surface area contributed by atoms with E-state index in [-0.39, 0.29) is 6.61 Å². The minimum atomic E-state index is -0.0485. The summed E-state index contributed by atoms with van der Waals surface area (Å²) in [6, 6.07) is 3.68. The van der Waals surface area contributed by atoms with Gasteiger partial charge >= 0.3 is 0 Å². The summed E-state index contributed by atoms with van der Waals surface area (Å²) in [7, 11) is 0. The number of hydrogen-bond donors (Lipinski definition) is 1. The Morgan fingerprint density at radius 1 is 1.31 bits per heavy atom. The second kappa shape index (κ2) is 3.55. The third kappa shape index (κ3) is 1.51. The second-order valence-corrected chi connectivity index (χ2v) is 3.56. The van der Waals surface area contributed by atoms with Crippen LogP contribution in [-0.4, -0.2) is 18.3 Å². The van der Waals surface area contributed by atoms with Gasteiger partial charge in [0.25, 0.3) is 0 Å². The lowest BCUT2D eigenvalue weighted by Gasteiger charge is -2.21. The zero-order valence-corrected chi connectivity index (χ0v) is 8.50. The maximum absolute atomic E-state index is 9.11. The topological polar surface area (TPSA) is 38.7 Å². The van der Waals surface area contributed by atoms with Gasteiger partial charge in [-0.2, -0.15) is 0 Å². The summed E-state index contributed by atoms with van der Waals surface area (Å²) < 4.78 is 11.6. The molecule has 1 aliphatic rings. The highest BCUT2D eigenvalue weighted by molar-refractivity contribution is 9.10. The Bertz CT molecular complexity index is 325. The molecule has 0 aliphatic carbocycles. The van der Waals surface area contributed by atoms with Gasteiger partial charge in [-0.1, -0.05) is 15.9 Å². The molecule has 0 spiro atoms. The van der Waals surface area contributed by atoms with Crippen molar-refractivity contribution in [2.45, 2.75) is 6.61 Å². The number of rotatable bonds is 1. The first-order valence-corrected chi connectivity index (χ1v) is 4.80. The highest BCUT2D eigenvalue weighted by Gasteiger charge is 2.17. The zero-order chi connectivity index (χ0) is 9.26. The van der Waals surface area contributed by atoms with E-state index < -0.39 is 0 Å².